The van der Waals surface area contributed by atoms with Crippen LogP contribution in [0, 0.1) is 11.3 Å². The molecule has 1 atom stereocenters. The van der Waals surface area contributed by atoms with Crippen LogP contribution in [-0.2, 0) is 0 Å². The largest absolute Gasteiger partial charge is 0.318 e. The number of fused-ring (bicyclic) bond motifs is 1. The van der Waals surface area contributed by atoms with Crippen molar-refractivity contribution in [3.8, 4) is 6.07 Å². The van der Waals surface area contributed by atoms with E-state index in [-0.39, 0.29) is 5.91 Å². The molecule has 1 unspecified atom stereocenters. The average molecular weight is 257 g/mol. The van der Waals surface area contributed by atoms with Crippen LogP contribution in [0.3, 0.4) is 0 Å². The van der Waals surface area contributed by atoms with E-state index in [2.05, 4.69) is 11.0 Å². The Hall–Kier alpha value is -1.86. The van der Waals surface area contributed by atoms with Gasteiger partial charge in [-0.05, 0) is 39.5 Å². The van der Waals surface area contributed by atoms with Crippen LogP contribution < -0.4 is 0 Å². The third-order valence-electron chi connectivity index (χ3n) is 3.43. The van der Waals surface area contributed by atoms with Gasteiger partial charge in [0.1, 0.15) is 6.04 Å². The lowest BCUT2D eigenvalue weighted by molar-refractivity contribution is 0.0754. The Morgan fingerprint density at radius 2 is 2.05 bits per heavy atom. The molecule has 100 valence electrons. The maximum absolute atomic E-state index is 12.3. The third-order valence-corrected chi connectivity index (χ3v) is 3.43. The van der Waals surface area contributed by atoms with Crippen LogP contribution in [0.15, 0.2) is 24.3 Å². The van der Waals surface area contributed by atoms with Crippen molar-refractivity contribution in [3.63, 3.8) is 0 Å². The van der Waals surface area contributed by atoms with Crippen molar-refractivity contribution >= 4 is 5.91 Å². The van der Waals surface area contributed by atoms with Crippen LogP contribution >= 0.6 is 0 Å². The summed E-state index contributed by atoms with van der Waals surface area (Å²) in [6, 6.07) is 9.24. The number of nitrogens with zero attached hydrogens (tertiary/aromatic N) is 3. The molecule has 0 radical (unpaired) electrons. The topological polar surface area (TPSA) is 47.3 Å². The predicted molar refractivity (Wildman–Crippen MR) is 73.6 cm³/mol. The number of hydrogen-bond donors (Lipinski definition) is 0. The van der Waals surface area contributed by atoms with E-state index in [1.165, 1.54) is 0 Å². The molecule has 4 heteroatoms. The maximum atomic E-state index is 12.3. The molecule has 1 aliphatic heterocycles. The van der Waals surface area contributed by atoms with E-state index >= 15 is 0 Å². The highest BCUT2D eigenvalue weighted by Gasteiger charge is 2.35. The monoisotopic (exact) mass is 257 g/mol. The molecule has 4 nitrogen and oxygen atoms in total. The standard InChI is InChI=1S/C15H19N3O/c1-17(2)9-5-6-10-18-14(11-16)12-7-3-4-8-13(12)15(18)19/h3-4,7-8,14H,5-6,9-10H2,1-2H3. The van der Waals surface area contributed by atoms with Crippen LogP contribution in [0.2, 0.25) is 0 Å². The van der Waals surface area contributed by atoms with Crippen LogP contribution in [0.4, 0.5) is 0 Å². The molecule has 1 amide bonds. The molecule has 0 spiro atoms. The number of hydrogen-bond acceptors (Lipinski definition) is 3. The normalized spacial score (nSPS) is 17.7. The van der Waals surface area contributed by atoms with Gasteiger partial charge in [-0.15, -0.1) is 0 Å². The fourth-order valence-electron chi connectivity index (χ4n) is 2.45. The molecule has 0 aromatic heterocycles. The molecule has 1 aromatic carbocycles. The summed E-state index contributed by atoms with van der Waals surface area (Å²) >= 11 is 0. The first kappa shape index (κ1) is 13.6. The summed E-state index contributed by atoms with van der Waals surface area (Å²) in [4.78, 5) is 16.1. The molecule has 1 aromatic rings. The molecule has 2 rings (SSSR count). The maximum Gasteiger partial charge on any atom is 0.255 e. The Balaban J connectivity index is 2.03. The number of benzene rings is 1. The van der Waals surface area contributed by atoms with Crippen LogP contribution in [0.1, 0.15) is 34.8 Å². The van der Waals surface area contributed by atoms with Gasteiger partial charge in [0.25, 0.3) is 5.91 Å². The number of rotatable bonds is 5. The zero-order valence-corrected chi connectivity index (χ0v) is 11.5. The molecule has 1 aliphatic rings. The number of carbonyl (C=O) groups excluding carboxylic acids is 1. The molecule has 0 bridgehead atoms. The number of unbranched alkanes of at least 4 members (excludes halogenated alkanes) is 1. The molecule has 0 aliphatic carbocycles. The second-order valence-corrected chi connectivity index (χ2v) is 5.13. The van der Waals surface area contributed by atoms with Crippen molar-refractivity contribution in [2.45, 2.75) is 18.9 Å². The second kappa shape index (κ2) is 5.85. The van der Waals surface area contributed by atoms with E-state index < -0.39 is 6.04 Å². The highest BCUT2D eigenvalue weighted by Crippen LogP contribution is 2.32. The molecule has 0 saturated carbocycles. The predicted octanol–water partition coefficient (Wildman–Crippen LogP) is 2.05. The van der Waals surface area contributed by atoms with Crippen LogP contribution in [0.5, 0.6) is 0 Å². The summed E-state index contributed by atoms with van der Waals surface area (Å²) in [7, 11) is 4.07. The van der Waals surface area contributed by atoms with E-state index in [9.17, 15) is 10.1 Å². The van der Waals surface area contributed by atoms with Crippen molar-refractivity contribution in [1.82, 2.24) is 9.80 Å². The Morgan fingerprint density at radius 3 is 2.74 bits per heavy atom. The number of amides is 1. The van der Waals surface area contributed by atoms with E-state index in [1.807, 2.05) is 38.4 Å². The summed E-state index contributed by atoms with van der Waals surface area (Å²) < 4.78 is 0. The van der Waals surface area contributed by atoms with Crippen LogP contribution in [0.25, 0.3) is 0 Å². The summed E-state index contributed by atoms with van der Waals surface area (Å²) in [5, 5.41) is 9.29. The minimum absolute atomic E-state index is 0.00740. The van der Waals surface area contributed by atoms with Gasteiger partial charge in [-0.3, -0.25) is 4.79 Å². The Labute approximate surface area is 114 Å². The summed E-state index contributed by atoms with van der Waals surface area (Å²) in [6.45, 7) is 1.66. The lowest BCUT2D eigenvalue weighted by atomic mass is 10.1. The molecular formula is C15H19N3O. The first-order chi connectivity index (χ1) is 9.15. The lowest BCUT2D eigenvalue weighted by Gasteiger charge is -2.20. The molecule has 0 fully saturated rings. The Bertz CT molecular complexity index is 504. The Kier molecular flexibility index (Phi) is 4.18. The average Bonchev–Trinajstić information content (AvgIpc) is 2.67. The number of nitriles is 1. The van der Waals surface area contributed by atoms with Gasteiger partial charge in [-0.1, -0.05) is 18.2 Å². The first-order valence-electron chi connectivity index (χ1n) is 6.59. The van der Waals surface area contributed by atoms with Gasteiger partial charge in [0, 0.05) is 17.7 Å². The summed E-state index contributed by atoms with van der Waals surface area (Å²) in [6.07, 6.45) is 1.96. The highest BCUT2D eigenvalue weighted by atomic mass is 16.2. The van der Waals surface area contributed by atoms with Gasteiger partial charge >= 0.3 is 0 Å². The van der Waals surface area contributed by atoms with Crippen molar-refractivity contribution in [3.05, 3.63) is 35.4 Å². The molecule has 0 N–H and O–H groups in total. The zero-order valence-electron chi connectivity index (χ0n) is 11.5. The second-order valence-electron chi connectivity index (χ2n) is 5.13. The van der Waals surface area contributed by atoms with Gasteiger partial charge in [0.05, 0.1) is 6.07 Å². The molecular weight excluding hydrogens is 238 g/mol. The Morgan fingerprint density at radius 1 is 1.32 bits per heavy atom. The minimum atomic E-state index is -0.414. The summed E-state index contributed by atoms with van der Waals surface area (Å²) in [5.74, 6) is -0.00740. The van der Waals surface area contributed by atoms with Gasteiger partial charge in [0.15, 0.2) is 0 Å². The van der Waals surface area contributed by atoms with Gasteiger partial charge in [-0.2, -0.15) is 5.26 Å². The lowest BCUT2D eigenvalue weighted by Crippen LogP contribution is -2.29. The van der Waals surface area contributed by atoms with Gasteiger partial charge in [0.2, 0.25) is 0 Å². The van der Waals surface area contributed by atoms with E-state index in [4.69, 9.17) is 0 Å². The highest BCUT2D eigenvalue weighted by molar-refractivity contribution is 5.99. The van der Waals surface area contributed by atoms with Crippen molar-refractivity contribution in [2.75, 3.05) is 27.2 Å². The quantitative estimate of drug-likeness (QED) is 0.758. The van der Waals surface area contributed by atoms with Crippen molar-refractivity contribution in [2.24, 2.45) is 0 Å². The van der Waals surface area contributed by atoms with Gasteiger partial charge in [-0.25, -0.2) is 0 Å². The first-order valence-corrected chi connectivity index (χ1v) is 6.59. The minimum Gasteiger partial charge on any atom is -0.318 e. The van der Waals surface area contributed by atoms with E-state index in [1.54, 1.807) is 4.90 Å². The van der Waals surface area contributed by atoms with Crippen molar-refractivity contribution < 1.29 is 4.79 Å². The van der Waals surface area contributed by atoms with E-state index in [0.717, 1.165) is 24.9 Å². The molecule has 19 heavy (non-hydrogen) atoms. The summed E-state index contributed by atoms with van der Waals surface area (Å²) in [5.41, 5.74) is 1.53. The van der Waals surface area contributed by atoms with Crippen LogP contribution in [-0.4, -0.2) is 42.9 Å². The third kappa shape index (κ3) is 2.77. The molecule has 0 saturated heterocycles. The van der Waals surface area contributed by atoms with Crippen molar-refractivity contribution in [1.29, 1.82) is 5.26 Å². The fourth-order valence-corrected chi connectivity index (χ4v) is 2.45. The SMILES string of the molecule is CN(C)CCCCN1C(=O)c2ccccc2C1C#N. The van der Waals surface area contributed by atoms with E-state index in [0.29, 0.717) is 12.1 Å². The molecule has 1 heterocycles. The number of carbonyl (C=O) groups is 1. The zero-order chi connectivity index (χ0) is 13.8. The smallest absolute Gasteiger partial charge is 0.255 e. The fraction of sp³-hybridized carbons (Fsp3) is 0.467. The van der Waals surface area contributed by atoms with Gasteiger partial charge < -0.3 is 9.80 Å².